The van der Waals surface area contributed by atoms with Crippen molar-refractivity contribution >= 4 is 0 Å². The van der Waals surface area contributed by atoms with E-state index in [0.29, 0.717) is 25.3 Å². The lowest BCUT2D eigenvalue weighted by atomic mass is 9.89. The molecule has 1 saturated carbocycles. The Hall–Kier alpha value is -0.160. The molecule has 0 radical (unpaired) electrons. The van der Waals surface area contributed by atoms with Gasteiger partial charge in [-0.25, -0.2) is 0 Å². The highest BCUT2D eigenvalue weighted by Crippen LogP contribution is 2.25. The number of hydrogen-bond donors (Lipinski definition) is 2. The molecule has 2 fully saturated rings. The monoisotopic (exact) mass is 271 g/mol. The Morgan fingerprint density at radius 2 is 1.95 bits per heavy atom. The van der Waals surface area contributed by atoms with E-state index in [4.69, 9.17) is 9.47 Å². The van der Waals surface area contributed by atoms with Crippen LogP contribution in [0.1, 0.15) is 46.0 Å². The van der Waals surface area contributed by atoms with Crippen LogP contribution in [0.2, 0.25) is 0 Å². The van der Waals surface area contributed by atoms with Crippen molar-refractivity contribution in [3.05, 3.63) is 0 Å². The Kier molecular flexibility index (Phi) is 6.07. The summed E-state index contributed by atoms with van der Waals surface area (Å²) >= 11 is 0. The third-order valence-electron chi connectivity index (χ3n) is 4.48. The lowest BCUT2D eigenvalue weighted by Gasteiger charge is -2.27. The quantitative estimate of drug-likeness (QED) is 0.772. The molecule has 0 bridgehead atoms. The fraction of sp³-hybridized carbons (Fsp3) is 1.00. The average molecular weight is 271 g/mol. The van der Waals surface area contributed by atoms with Gasteiger partial charge in [-0.1, -0.05) is 6.92 Å². The third-order valence-corrected chi connectivity index (χ3v) is 4.48. The van der Waals surface area contributed by atoms with E-state index in [1.54, 1.807) is 0 Å². The second-order valence-electron chi connectivity index (χ2n) is 6.25. The topological polar surface area (TPSA) is 50.7 Å². The molecule has 1 heterocycles. The Bertz CT molecular complexity index is 254. The van der Waals surface area contributed by atoms with Crippen molar-refractivity contribution in [2.24, 2.45) is 5.92 Å². The zero-order valence-electron chi connectivity index (χ0n) is 12.3. The summed E-state index contributed by atoms with van der Waals surface area (Å²) < 4.78 is 11.3. The zero-order valence-corrected chi connectivity index (χ0v) is 12.3. The molecule has 2 aliphatic rings. The van der Waals surface area contributed by atoms with Crippen LogP contribution in [0.4, 0.5) is 0 Å². The molecule has 0 amide bonds. The summed E-state index contributed by atoms with van der Waals surface area (Å²) in [7, 11) is 0. The Morgan fingerprint density at radius 3 is 2.58 bits per heavy atom. The van der Waals surface area contributed by atoms with Gasteiger partial charge >= 0.3 is 0 Å². The van der Waals surface area contributed by atoms with E-state index in [1.807, 2.05) is 0 Å². The molecule has 3 unspecified atom stereocenters. The van der Waals surface area contributed by atoms with Gasteiger partial charge in [0.05, 0.1) is 24.9 Å². The van der Waals surface area contributed by atoms with Gasteiger partial charge in [-0.05, 0) is 44.9 Å². The van der Waals surface area contributed by atoms with Crippen LogP contribution in [0.25, 0.3) is 0 Å². The molecule has 2 N–H and O–H groups in total. The van der Waals surface area contributed by atoms with E-state index in [1.165, 1.54) is 12.8 Å². The first-order valence-corrected chi connectivity index (χ1v) is 7.79. The first kappa shape index (κ1) is 15.2. The van der Waals surface area contributed by atoms with E-state index in [2.05, 4.69) is 19.2 Å². The highest BCUT2D eigenvalue weighted by molar-refractivity contribution is 4.80. The summed E-state index contributed by atoms with van der Waals surface area (Å²) in [5.74, 6) is 0.843. The zero-order chi connectivity index (χ0) is 13.7. The molecule has 2 rings (SSSR count). The summed E-state index contributed by atoms with van der Waals surface area (Å²) in [5.41, 5.74) is 0. The van der Waals surface area contributed by atoms with Gasteiger partial charge in [0, 0.05) is 19.2 Å². The van der Waals surface area contributed by atoms with E-state index < -0.39 is 6.10 Å². The van der Waals surface area contributed by atoms with Gasteiger partial charge in [0.2, 0.25) is 0 Å². The average Bonchev–Trinajstić information content (AvgIpc) is 2.81. The first-order valence-electron chi connectivity index (χ1n) is 7.79. The molecule has 19 heavy (non-hydrogen) atoms. The second-order valence-corrected chi connectivity index (χ2v) is 6.25. The SMILES string of the molecule is CC1CCC(OCC(O)CNC2CCOC2C)CC1. The van der Waals surface area contributed by atoms with Crippen molar-refractivity contribution in [3.8, 4) is 0 Å². The maximum Gasteiger partial charge on any atom is 0.0897 e. The van der Waals surface area contributed by atoms with Crippen LogP contribution >= 0.6 is 0 Å². The Morgan fingerprint density at radius 1 is 1.21 bits per heavy atom. The minimum Gasteiger partial charge on any atom is -0.389 e. The molecule has 0 aromatic carbocycles. The lowest BCUT2D eigenvalue weighted by Crippen LogP contribution is -2.41. The Balaban J connectivity index is 1.55. The van der Waals surface area contributed by atoms with Gasteiger partial charge in [0.25, 0.3) is 0 Å². The number of aliphatic hydroxyl groups excluding tert-OH is 1. The number of nitrogens with one attached hydrogen (secondary N) is 1. The fourth-order valence-corrected chi connectivity index (χ4v) is 2.99. The van der Waals surface area contributed by atoms with Crippen molar-refractivity contribution in [2.45, 2.75) is 70.3 Å². The minimum absolute atomic E-state index is 0.257. The smallest absolute Gasteiger partial charge is 0.0897 e. The van der Waals surface area contributed by atoms with Crippen molar-refractivity contribution in [1.82, 2.24) is 5.32 Å². The second kappa shape index (κ2) is 7.58. The van der Waals surface area contributed by atoms with Crippen LogP contribution in [0.3, 0.4) is 0 Å². The largest absolute Gasteiger partial charge is 0.389 e. The summed E-state index contributed by atoms with van der Waals surface area (Å²) in [6, 6.07) is 0.380. The van der Waals surface area contributed by atoms with Crippen LogP contribution < -0.4 is 5.32 Å². The molecule has 0 spiro atoms. The van der Waals surface area contributed by atoms with E-state index >= 15 is 0 Å². The molecule has 1 aliphatic heterocycles. The molecule has 4 heteroatoms. The van der Waals surface area contributed by atoms with E-state index in [9.17, 15) is 5.11 Å². The van der Waals surface area contributed by atoms with Gasteiger partial charge < -0.3 is 19.9 Å². The maximum absolute atomic E-state index is 9.95. The summed E-state index contributed by atoms with van der Waals surface area (Å²) in [5, 5.41) is 13.3. The Labute approximate surface area is 116 Å². The van der Waals surface area contributed by atoms with Crippen LogP contribution in [-0.2, 0) is 9.47 Å². The van der Waals surface area contributed by atoms with Gasteiger partial charge in [0.15, 0.2) is 0 Å². The number of ether oxygens (including phenoxy) is 2. The van der Waals surface area contributed by atoms with Gasteiger partial charge in [0.1, 0.15) is 0 Å². The third kappa shape index (κ3) is 5.03. The number of aliphatic hydroxyl groups is 1. The minimum atomic E-state index is -0.410. The predicted octanol–water partition coefficient (Wildman–Crippen LogP) is 1.71. The fourth-order valence-electron chi connectivity index (χ4n) is 2.99. The molecule has 3 atom stereocenters. The summed E-state index contributed by atoms with van der Waals surface area (Å²) in [6.45, 7) is 6.26. The molecular weight excluding hydrogens is 242 g/mol. The number of rotatable bonds is 6. The highest BCUT2D eigenvalue weighted by Gasteiger charge is 2.24. The summed E-state index contributed by atoms with van der Waals surface area (Å²) in [4.78, 5) is 0. The van der Waals surface area contributed by atoms with Crippen LogP contribution in [0.5, 0.6) is 0 Å². The van der Waals surface area contributed by atoms with Crippen LogP contribution in [0, 0.1) is 5.92 Å². The van der Waals surface area contributed by atoms with Gasteiger partial charge in [-0.2, -0.15) is 0 Å². The van der Waals surface area contributed by atoms with E-state index in [-0.39, 0.29) is 6.10 Å². The normalized spacial score (nSPS) is 37.4. The van der Waals surface area contributed by atoms with Gasteiger partial charge in [-0.15, -0.1) is 0 Å². The highest BCUT2D eigenvalue weighted by atomic mass is 16.5. The van der Waals surface area contributed by atoms with E-state index in [0.717, 1.165) is 31.8 Å². The van der Waals surface area contributed by atoms with Crippen LogP contribution in [0.15, 0.2) is 0 Å². The molecule has 4 nitrogen and oxygen atoms in total. The molecular formula is C15H29NO3. The van der Waals surface area contributed by atoms with Crippen LogP contribution in [-0.4, -0.2) is 49.2 Å². The van der Waals surface area contributed by atoms with Crippen molar-refractivity contribution in [2.75, 3.05) is 19.8 Å². The number of hydrogen-bond acceptors (Lipinski definition) is 4. The maximum atomic E-state index is 9.95. The van der Waals surface area contributed by atoms with Crippen molar-refractivity contribution in [1.29, 1.82) is 0 Å². The summed E-state index contributed by atoms with van der Waals surface area (Å²) in [6.07, 6.45) is 6.06. The van der Waals surface area contributed by atoms with Gasteiger partial charge in [-0.3, -0.25) is 0 Å². The first-order chi connectivity index (χ1) is 9.15. The predicted molar refractivity (Wildman–Crippen MR) is 75.2 cm³/mol. The molecule has 1 saturated heterocycles. The molecule has 0 aromatic heterocycles. The van der Waals surface area contributed by atoms with Crippen molar-refractivity contribution in [3.63, 3.8) is 0 Å². The standard InChI is InChI=1S/C15H29NO3/c1-11-3-5-14(6-4-11)19-10-13(17)9-16-15-7-8-18-12(15)2/h11-17H,3-10H2,1-2H3. The van der Waals surface area contributed by atoms with Crippen molar-refractivity contribution < 1.29 is 14.6 Å². The lowest BCUT2D eigenvalue weighted by molar-refractivity contribution is -0.0288. The molecule has 0 aromatic rings. The molecule has 112 valence electrons. The molecule has 1 aliphatic carbocycles.